The second kappa shape index (κ2) is 5.88. The van der Waals surface area contributed by atoms with E-state index in [4.69, 9.17) is 0 Å². The van der Waals surface area contributed by atoms with Crippen molar-refractivity contribution in [3.8, 4) is 0 Å². The summed E-state index contributed by atoms with van der Waals surface area (Å²) in [6, 6.07) is 2.45. The van der Waals surface area contributed by atoms with E-state index in [1.807, 2.05) is 0 Å². The summed E-state index contributed by atoms with van der Waals surface area (Å²) >= 11 is 0. The lowest BCUT2D eigenvalue weighted by atomic mass is 9.92. The van der Waals surface area contributed by atoms with Crippen LogP contribution in [0, 0.1) is 10.1 Å². The Labute approximate surface area is 118 Å². The van der Waals surface area contributed by atoms with Gasteiger partial charge in [-0.05, 0) is 25.0 Å². The Morgan fingerprint density at radius 2 is 1.95 bits per heavy atom. The van der Waals surface area contributed by atoms with Gasteiger partial charge in [-0.2, -0.15) is 13.2 Å². The Balaban J connectivity index is 2.27. The number of halogens is 3. The van der Waals surface area contributed by atoms with Crippen LogP contribution in [-0.2, 0) is 6.18 Å². The van der Waals surface area contributed by atoms with Crippen molar-refractivity contribution in [2.75, 3.05) is 5.32 Å². The number of hydrogen-bond acceptors (Lipinski definition) is 4. The minimum atomic E-state index is -4.80. The van der Waals surface area contributed by atoms with Crippen LogP contribution < -0.4 is 5.32 Å². The molecule has 21 heavy (non-hydrogen) atoms. The zero-order valence-electron chi connectivity index (χ0n) is 11.1. The van der Waals surface area contributed by atoms with E-state index in [0.29, 0.717) is 12.8 Å². The molecule has 1 saturated carbocycles. The molecule has 5 nitrogen and oxygen atoms in total. The molecule has 1 aromatic rings. The summed E-state index contributed by atoms with van der Waals surface area (Å²) in [5.74, 6) is 0. The summed E-state index contributed by atoms with van der Waals surface area (Å²) in [6.07, 6.45) is -2.41. The highest BCUT2D eigenvalue weighted by Gasteiger charge is 2.38. The van der Waals surface area contributed by atoms with Gasteiger partial charge >= 0.3 is 6.18 Å². The molecule has 0 aromatic heterocycles. The predicted octanol–water partition coefficient (Wildman–Crippen LogP) is 3.33. The van der Waals surface area contributed by atoms with Crippen LogP contribution in [0.1, 0.15) is 31.2 Å². The van der Waals surface area contributed by atoms with E-state index >= 15 is 0 Å². The fourth-order valence-corrected chi connectivity index (χ4v) is 2.51. The van der Waals surface area contributed by atoms with Crippen molar-refractivity contribution < 1.29 is 23.2 Å². The lowest BCUT2D eigenvalue weighted by Gasteiger charge is -2.29. The zero-order valence-corrected chi connectivity index (χ0v) is 11.1. The van der Waals surface area contributed by atoms with Crippen molar-refractivity contribution in [3.63, 3.8) is 0 Å². The molecule has 0 saturated heterocycles. The van der Waals surface area contributed by atoms with Crippen LogP contribution in [0.15, 0.2) is 18.2 Å². The van der Waals surface area contributed by atoms with Gasteiger partial charge in [-0.3, -0.25) is 10.1 Å². The molecule has 0 bridgehead atoms. The second-order valence-corrected chi connectivity index (χ2v) is 5.09. The normalized spacial score (nSPS) is 22.9. The van der Waals surface area contributed by atoms with Crippen LogP contribution in [0.4, 0.5) is 24.5 Å². The monoisotopic (exact) mass is 304 g/mol. The van der Waals surface area contributed by atoms with Gasteiger partial charge in [0.15, 0.2) is 0 Å². The molecular weight excluding hydrogens is 289 g/mol. The third-order valence-corrected chi connectivity index (χ3v) is 3.58. The Bertz CT molecular complexity index is 534. The Hall–Kier alpha value is -1.83. The van der Waals surface area contributed by atoms with Crippen molar-refractivity contribution in [1.29, 1.82) is 0 Å². The average Bonchev–Trinajstić information content (AvgIpc) is 2.40. The molecular formula is C13H15F3N2O3. The van der Waals surface area contributed by atoms with Crippen molar-refractivity contribution in [2.24, 2.45) is 0 Å². The smallest absolute Gasteiger partial charge is 0.391 e. The maximum Gasteiger partial charge on any atom is 0.423 e. The summed E-state index contributed by atoms with van der Waals surface area (Å²) < 4.78 is 38.6. The summed E-state index contributed by atoms with van der Waals surface area (Å²) in [5, 5.41) is 23.3. The molecule has 0 heterocycles. The van der Waals surface area contributed by atoms with E-state index in [9.17, 15) is 28.4 Å². The maximum absolute atomic E-state index is 12.9. The molecule has 1 aliphatic carbocycles. The van der Waals surface area contributed by atoms with Crippen LogP contribution >= 0.6 is 0 Å². The highest BCUT2D eigenvalue weighted by molar-refractivity contribution is 5.55. The fraction of sp³-hybridized carbons (Fsp3) is 0.538. The lowest BCUT2D eigenvalue weighted by molar-refractivity contribution is -0.388. The quantitative estimate of drug-likeness (QED) is 0.663. The average molecular weight is 304 g/mol. The maximum atomic E-state index is 12.9. The Kier molecular flexibility index (Phi) is 4.36. The van der Waals surface area contributed by atoms with Gasteiger partial charge in [-0.1, -0.05) is 12.8 Å². The number of aliphatic hydroxyl groups excluding tert-OH is 1. The first-order chi connectivity index (χ1) is 9.79. The molecule has 0 amide bonds. The van der Waals surface area contributed by atoms with E-state index in [1.54, 1.807) is 0 Å². The number of nitrogens with zero attached hydrogens (tertiary/aromatic N) is 1. The number of nitro groups is 1. The van der Waals surface area contributed by atoms with Crippen LogP contribution in [-0.4, -0.2) is 22.2 Å². The molecule has 0 spiro atoms. The summed E-state index contributed by atoms with van der Waals surface area (Å²) in [6.45, 7) is 0. The molecule has 2 N–H and O–H groups in total. The molecule has 1 aliphatic rings. The Morgan fingerprint density at radius 3 is 2.52 bits per heavy atom. The van der Waals surface area contributed by atoms with Gasteiger partial charge in [-0.15, -0.1) is 0 Å². The number of hydrogen-bond donors (Lipinski definition) is 2. The minimum absolute atomic E-state index is 0.124. The number of rotatable bonds is 3. The third-order valence-electron chi connectivity index (χ3n) is 3.58. The summed E-state index contributed by atoms with van der Waals surface area (Å²) in [4.78, 5) is 9.61. The molecule has 8 heteroatoms. The number of benzene rings is 1. The van der Waals surface area contributed by atoms with E-state index < -0.39 is 28.5 Å². The molecule has 1 fully saturated rings. The standard InChI is InChI=1S/C13H15F3N2O3/c14-13(15,16)9-7-8(5-6-11(9)18(20)21)17-10-3-1-2-4-12(10)19/h5-7,10,12,17,19H,1-4H2/t10-,12-/m0/s1. The lowest BCUT2D eigenvalue weighted by Crippen LogP contribution is -2.36. The van der Waals surface area contributed by atoms with E-state index in [1.165, 1.54) is 6.07 Å². The molecule has 116 valence electrons. The molecule has 2 atom stereocenters. The SMILES string of the molecule is O=[N+]([O-])c1ccc(N[C@H]2CCCC[C@@H]2O)cc1C(F)(F)F. The van der Waals surface area contributed by atoms with Crippen LogP contribution in [0.5, 0.6) is 0 Å². The predicted molar refractivity (Wildman–Crippen MR) is 70.0 cm³/mol. The Morgan fingerprint density at radius 1 is 1.29 bits per heavy atom. The molecule has 2 rings (SSSR count). The van der Waals surface area contributed by atoms with Crippen molar-refractivity contribution in [1.82, 2.24) is 0 Å². The van der Waals surface area contributed by atoms with Gasteiger partial charge in [0.25, 0.3) is 5.69 Å². The highest BCUT2D eigenvalue weighted by Crippen LogP contribution is 2.38. The van der Waals surface area contributed by atoms with E-state index in [-0.39, 0.29) is 11.7 Å². The molecule has 1 aromatic carbocycles. The molecule has 0 aliphatic heterocycles. The number of aliphatic hydroxyl groups is 1. The van der Waals surface area contributed by atoms with Gasteiger partial charge in [0.1, 0.15) is 5.56 Å². The molecule has 0 unspecified atom stereocenters. The zero-order chi connectivity index (χ0) is 15.6. The molecule has 0 radical (unpaired) electrons. The number of nitrogens with one attached hydrogen (secondary N) is 1. The van der Waals surface area contributed by atoms with Gasteiger partial charge in [0.2, 0.25) is 0 Å². The summed E-state index contributed by atoms with van der Waals surface area (Å²) in [7, 11) is 0. The second-order valence-electron chi connectivity index (χ2n) is 5.09. The highest BCUT2D eigenvalue weighted by atomic mass is 19.4. The summed E-state index contributed by atoms with van der Waals surface area (Å²) in [5.41, 5.74) is -2.14. The number of nitro benzene ring substituents is 1. The van der Waals surface area contributed by atoms with Crippen molar-refractivity contribution >= 4 is 11.4 Å². The number of anilines is 1. The fourth-order valence-electron chi connectivity index (χ4n) is 2.51. The van der Waals surface area contributed by atoms with Crippen LogP contribution in [0.25, 0.3) is 0 Å². The third kappa shape index (κ3) is 3.63. The van der Waals surface area contributed by atoms with Crippen molar-refractivity contribution in [3.05, 3.63) is 33.9 Å². The first-order valence-electron chi connectivity index (χ1n) is 6.59. The van der Waals surface area contributed by atoms with Crippen LogP contribution in [0.3, 0.4) is 0 Å². The largest absolute Gasteiger partial charge is 0.423 e. The first kappa shape index (κ1) is 15.6. The topological polar surface area (TPSA) is 75.4 Å². The van der Waals surface area contributed by atoms with Gasteiger partial charge in [0, 0.05) is 11.8 Å². The van der Waals surface area contributed by atoms with Crippen LogP contribution in [0.2, 0.25) is 0 Å². The first-order valence-corrected chi connectivity index (χ1v) is 6.59. The van der Waals surface area contributed by atoms with Crippen molar-refractivity contribution in [2.45, 2.75) is 44.0 Å². The number of alkyl halides is 3. The van der Waals surface area contributed by atoms with E-state index in [2.05, 4.69) is 5.32 Å². The van der Waals surface area contributed by atoms with E-state index in [0.717, 1.165) is 25.0 Å². The van der Waals surface area contributed by atoms with Gasteiger partial charge in [-0.25, -0.2) is 0 Å². The minimum Gasteiger partial charge on any atom is -0.391 e. The van der Waals surface area contributed by atoms with Gasteiger partial charge < -0.3 is 10.4 Å². The van der Waals surface area contributed by atoms with Gasteiger partial charge in [0.05, 0.1) is 17.1 Å².